The number of hydrogen-bond donors (Lipinski definition) is 0. The Morgan fingerprint density at radius 1 is 0.689 bits per heavy atom. The van der Waals surface area contributed by atoms with Crippen molar-refractivity contribution >= 4 is 28.9 Å². The molecule has 0 fully saturated rings. The van der Waals surface area contributed by atoms with Crippen molar-refractivity contribution in [3.8, 4) is 0 Å². The van der Waals surface area contributed by atoms with Gasteiger partial charge in [0.25, 0.3) is 0 Å². The molecule has 0 bridgehead atoms. The smallest absolute Gasteiger partial charge is 0.305 e. The Labute approximate surface area is 272 Å². The van der Waals surface area contributed by atoms with Crippen LogP contribution in [0.5, 0.6) is 0 Å². The summed E-state index contributed by atoms with van der Waals surface area (Å²) in [6.07, 6.45) is 24.7. The van der Waals surface area contributed by atoms with E-state index in [0.29, 0.717) is 29.8 Å². The van der Waals surface area contributed by atoms with Crippen molar-refractivity contribution in [1.29, 1.82) is 0 Å². The van der Waals surface area contributed by atoms with Gasteiger partial charge in [-0.15, -0.1) is 0 Å². The van der Waals surface area contributed by atoms with Gasteiger partial charge in [0, 0.05) is 26.9 Å². The lowest BCUT2D eigenvalue weighted by Crippen LogP contribution is -2.29. The van der Waals surface area contributed by atoms with E-state index in [1.165, 1.54) is 83.4 Å². The zero-order valence-electron chi connectivity index (χ0n) is 28.8. The number of carbonyl (C=O) groups excluding carboxylic acids is 2. The molecule has 2 heterocycles. The summed E-state index contributed by atoms with van der Waals surface area (Å²) >= 11 is 0. The molecule has 0 aliphatic carbocycles. The molecule has 0 aliphatic heterocycles. The Bertz CT molecular complexity index is 1020. The van der Waals surface area contributed by atoms with Crippen LogP contribution in [-0.2, 0) is 30.5 Å². The molecule has 2 aromatic rings. The number of imidazole rings is 1. The average Bonchev–Trinajstić information content (AvgIpc) is 3.45. The Hall–Kier alpha value is -2.75. The summed E-state index contributed by atoms with van der Waals surface area (Å²) < 4.78 is 19.0. The summed E-state index contributed by atoms with van der Waals surface area (Å²) in [5, 5.41) is 0. The molecule has 45 heavy (non-hydrogen) atoms. The zero-order chi connectivity index (χ0) is 32.5. The van der Waals surface area contributed by atoms with Gasteiger partial charge in [-0.05, 0) is 12.8 Å². The second-order valence-electron chi connectivity index (χ2n) is 12.4. The van der Waals surface area contributed by atoms with Crippen LogP contribution in [0.4, 0.5) is 5.82 Å². The second kappa shape index (κ2) is 24.5. The summed E-state index contributed by atoms with van der Waals surface area (Å²) in [6, 6.07) is 0. The number of esters is 2. The number of hydrogen-bond acceptors (Lipinski definition) is 9. The van der Waals surface area contributed by atoms with E-state index < -0.39 is 6.10 Å². The van der Waals surface area contributed by atoms with Crippen molar-refractivity contribution in [2.75, 3.05) is 32.2 Å². The molecule has 0 saturated carbocycles. The molecule has 0 amide bonds. The molecular formula is C35H61N5O5. The van der Waals surface area contributed by atoms with E-state index in [-0.39, 0.29) is 31.9 Å². The van der Waals surface area contributed by atoms with E-state index in [2.05, 4.69) is 28.8 Å². The third-order valence-electron chi connectivity index (χ3n) is 8.08. The summed E-state index contributed by atoms with van der Waals surface area (Å²) in [6.45, 7) is 4.63. The van der Waals surface area contributed by atoms with Crippen molar-refractivity contribution < 1.29 is 23.8 Å². The number of nitrogens with zero attached hydrogens (tertiary/aromatic N) is 5. The minimum absolute atomic E-state index is 0.0200. The first-order valence-corrected chi connectivity index (χ1v) is 17.7. The van der Waals surface area contributed by atoms with Crippen LogP contribution in [0.15, 0.2) is 12.7 Å². The first kappa shape index (κ1) is 38.4. The van der Waals surface area contributed by atoms with Crippen LogP contribution >= 0.6 is 0 Å². The van der Waals surface area contributed by atoms with E-state index >= 15 is 0 Å². The zero-order valence-corrected chi connectivity index (χ0v) is 28.8. The lowest BCUT2D eigenvalue weighted by Gasteiger charge is -2.19. The largest absolute Gasteiger partial charge is 0.463 e. The van der Waals surface area contributed by atoms with Crippen LogP contribution in [0.2, 0.25) is 0 Å². The molecule has 0 radical (unpaired) electrons. The lowest BCUT2D eigenvalue weighted by atomic mass is 10.1. The van der Waals surface area contributed by atoms with Crippen molar-refractivity contribution in [3.63, 3.8) is 0 Å². The molecule has 256 valence electrons. The molecule has 2 aromatic heterocycles. The highest BCUT2D eigenvalue weighted by molar-refractivity contribution is 5.82. The van der Waals surface area contributed by atoms with Crippen LogP contribution in [0.1, 0.15) is 142 Å². The first-order valence-electron chi connectivity index (χ1n) is 17.7. The fourth-order valence-electron chi connectivity index (χ4n) is 5.30. The predicted octanol–water partition coefficient (Wildman–Crippen LogP) is 8.16. The van der Waals surface area contributed by atoms with E-state index in [9.17, 15) is 9.59 Å². The molecule has 0 unspecified atom stereocenters. The van der Waals surface area contributed by atoms with Crippen LogP contribution < -0.4 is 4.90 Å². The van der Waals surface area contributed by atoms with Gasteiger partial charge in [0.05, 0.1) is 6.33 Å². The number of aromatic nitrogens is 4. The van der Waals surface area contributed by atoms with E-state index in [1.54, 1.807) is 10.9 Å². The number of carbonyl (C=O) groups is 2. The van der Waals surface area contributed by atoms with Gasteiger partial charge in [-0.1, -0.05) is 117 Å². The molecule has 10 heteroatoms. The SMILES string of the molecule is CCCCCCCCCCCC(=O)OCC(COC(=O)CCCCCCCCCCC)OCn1cnc2c(N(C)C)ncnc21. The topological polar surface area (TPSA) is 109 Å². The second-order valence-corrected chi connectivity index (χ2v) is 12.4. The first-order chi connectivity index (χ1) is 22.0. The Kier molecular flexibility index (Phi) is 20.9. The van der Waals surface area contributed by atoms with Crippen LogP contribution in [-0.4, -0.2) is 64.9 Å². The molecular weight excluding hydrogens is 570 g/mol. The van der Waals surface area contributed by atoms with Gasteiger partial charge < -0.3 is 19.1 Å². The van der Waals surface area contributed by atoms with E-state index in [1.807, 2.05) is 19.0 Å². The van der Waals surface area contributed by atoms with Crippen molar-refractivity contribution in [2.45, 2.75) is 155 Å². The number of fused-ring (bicyclic) bond motifs is 1. The Morgan fingerprint density at radius 3 is 1.62 bits per heavy atom. The Balaban J connectivity index is 1.78. The molecule has 0 saturated heterocycles. The van der Waals surface area contributed by atoms with E-state index in [4.69, 9.17) is 14.2 Å². The maximum Gasteiger partial charge on any atom is 0.305 e. The molecule has 0 N–H and O–H groups in total. The number of anilines is 1. The monoisotopic (exact) mass is 631 g/mol. The Morgan fingerprint density at radius 2 is 1.16 bits per heavy atom. The van der Waals surface area contributed by atoms with Gasteiger partial charge in [0.2, 0.25) is 0 Å². The van der Waals surface area contributed by atoms with E-state index in [0.717, 1.165) is 38.5 Å². The summed E-state index contributed by atoms with van der Waals surface area (Å²) in [7, 11) is 3.80. The van der Waals surface area contributed by atoms with Crippen molar-refractivity contribution in [2.24, 2.45) is 0 Å². The molecule has 0 spiro atoms. The molecule has 10 nitrogen and oxygen atoms in total. The van der Waals surface area contributed by atoms with Gasteiger partial charge >= 0.3 is 11.9 Å². The normalized spacial score (nSPS) is 11.4. The predicted molar refractivity (Wildman–Crippen MR) is 180 cm³/mol. The number of unbranched alkanes of at least 4 members (excludes halogenated alkanes) is 16. The standard InChI is InChI=1S/C35H61N5O5/c1-5-7-9-11-13-15-17-19-21-23-31(41)43-25-30(26-44-32(42)24-22-20-18-16-14-12-10-8-6-2)45-29-40-28-38-33-34(39(3)4)36-27-37-35(33)40/h27-28,30H,5-26,29H2,1-4H3. The lowest BCUT2D eigenvalue weighted by molar-refractivity contribution is -0.157. The maximum absolute atomic E-state index is 12.5. The summed E-state index contributed by atoms with van der Waals surface area (Å²) in [4.78, 5) is 40.0. The van der Waals surface area contributed by atoms with Crippen molar-refractivity contribution in [1.82, 2.24) is 19.5 Å². The third kappa shape index (κ3) is 16.9. The van der Waals surface area contributed by atoms with Gasteiger partial charge in [-0.2, -0.15) is 0 Å². The molecule has 0 aromatic carbocycles. The molecule has 0 aliphatic rings. The quantitative estimate of drug-likeness (QED) is 0.0678. The fraction of sp³-hybridized carbons (Fsp3) is 0.800. The highest BCUT2D eigenvalue weighted by Gasteiger charge is 2.18. The maximum atomic E-state index is 12.5. The minimum Gasteiger partial charge on any atom is -0.463 e. The van der Waals surface area contributed by atoms with Crippen LogP contribution in [0, 0.1) is 0 Å². The fourth-order valence-corrected chi connectivity index (χ4v) is 5.30. The highest BCUT2D eigenvalue weighted by Crippen LogP contribution is 2.20. The molecule has 0 atom stereocenters. The third-order valence-corrected chi connectivity index (χ3v) is 8.08. The van der Waals surface area contributed by atoms with Gasteiger partial charge in [0.1, 0.15) is 32.4 Å². The van der Waals surface area contributed by atoms with Gasteiger partial charge in [0.15, 0.2) is 17.0 Å². The molecule has 2 rings (SSSR count). The summed E-state index contributed by atoms with van der Waals surface area (Å²) in [5.74, 6) is 0.221. The van der Waals surface area contributed by atoms with Gasteiger partial charge in [-0.3, -0.25) is 14.2 Å². The number of ether oxygens (including phenoxy) is 3. The van der Waals surface area contributed by atoms with Crippen LogP contribution in [0.3, 0.4) is 0 Å². The van der Waals surface area contributed by atoms with Crippen molar-refractivity contribution in [3.05, 3.63) is 12.7 Å². The van der Waals surface area contributed by atoms with Gasteiger partial charge in [-0.25, -0.2) is 15.0 Å². The summed E-state index contributed by atoms with van der Waals surface area (Å²) in [5.41, 5.74) is 1.31. The minimum atomic E-state index is -0.600. The average molecular weight is 632 g/mol. The number of rotatable bonds is 28. The highest BCUT2D eigenvalue weighted by atomic mass is 16.6. The van der Waals surface area contributed by atoms with Crippen LogP contribution in [0.25, 0.3) is 11.2 Å².